The number of piperidine rings is 1. The number of benzene rings is 1. The number of rotatable bonds is 5. The second-order valence-electron chi connectivity index (χ2n) is 6.83. The third-order valence-electron chi connectivity index (χ3n) is 5.02. The predicted octanol–water partition coefficient (Wildman–Crippen LogP) is 2.41. The minimum absolute atomic E-state index is 0.0205. The van der Waals surface area contributed by atoms with Gasteiger partial charge in [0.15, 0.2) is 17.3 Å². The summed E-state index contributed by atoms with van der Waals surface area (Å²) in [5.41, 5.74) is 1.39. The minimum atomic E-state index is -0.167. The van der Waals surface area contributed by atoms with Crippen molar-refractivity contribution in [2.24, 2.45) is 5.92 Å². The van der Waals surface area contributed by atoms with Crippen molar-refractivity contribution < 1.29 is 28.3 Å². The summed E-state index contributed by atoms with van der Waals surface area (Å²) in [7, 11) is 0. The van der Waals surface area contributed by atoms with Crippen molar-refractivity contribution >= 4 is 11.9 Å². The van der Waals surface area contributed by atoms with Crippen molar-refractivity contribution in [3.8, 4) is 22.8 Å². The second kappa shape index (κ2) is 7.92. The molecule has 0 atom stereocenters. The fraction of sp³-hybridized carbons (Fsp3) is 0.450. The molecule has 1 aromatic carbocycles. The molecule has 0 unspecified atom stereocenters. The first-order valence-corrected chi connectivity index (χ1v) is 9.44. The largest absolute Gasteiger partial charge is 0.466 e. The molecule has 1 aromatic heterocycles. The molecule has 8 nitrogen and oxygen atoms in total. The zero-order valence-corrected chi connectivity index (χ0v) is 15.7. The van der Waals surface area contributed by atoms with Crippen LogP contribution >= 0.6 is 0 Å². The quantitative estimate of drug-likeness (QED) is 0.729. The highest BCUT2D eigenvalue weighted by molar-refractivity contribution is 5.79. The standard InChI is InChI=1S/C20H22N2O6/c1-2-25-20(24)13-5-7-22(8-6-13)19(23)11-15-10-17(28-21-15)14-3-4-16-18(9-14)27-12-26-16/h3-4,9-10,13H,2,5-8,11-12H2,1H3. The maximum absolute atomic E-state index is 12.6. The third-order valence-corrected chi connectivity index (χ3v) is 5.02. The Kier molecular flexibility index (Phi) is 5.18. The van der Waals surface area contributed by atoms with E-state index in [4.69, 9.17) is 18.7 Å². The van der Waals surface area contributed by atoms with Crippen LogP contribution in [0, 0.1) is 5.92 Å². The van der Waals surface area contributed by atoms with Crippen molar-refractivity contribution in [2.45, 2.75) is 26.2 Å². The van der Waals surface area contributed by atoms with Crippen LogP contribution in [0.3, 0.4) is 0 Å². The summed E-state index contributed by atoms with van der Waals surface area (Å²) < 4.78 is 21.1. The van der Waals surface area contributed by atoms with E-state index < -0.39 is 0 Å². The molecule has 148 valence electrons. The smallest absolute Gasteiger partial charge is 0.309 e. The second-order valence-corrected chi connectivity index (χ2v) is 6.83. The number of nitrogens with zero attached hydrogens (tertiary/aromatic N) is 2. The minimum Gasteiger partial charge on any atom is -0.466 e. The highest BCUT2D eigenvalue weighted by Crippen LogP contribution is 2.36. The molecule has 0 radical (unpaired) electrons. The third kappa shape index (κ3) is 3.81. The molecule has 2 aliphatic rings. The number of carbonyl (C=O) groups is 2. The Labute approximate surface area is 162 Å². The van der Waals surface area contributed by atoms with Gasteiger partial charge in [-0.15, -0.1) is 0 Å². The van der Waals surface area contributed by atoms with Gasteiger partial charge in [0.25, 0.3) is 0 Å². The molecule has 1 saturated heterocycles. The van der Waals surface area contributed by atoms with Gasteiger partial charge in [0.1, 0.15) is 0 Å². The summed E-state index contributed by atoms with van der Waals surface area (Å²) in [6, 6.07) is 7.27. The molecule has 8 heteroatoms. The number of carbonyl (C=O) groups excluding carboxylic acids is 2. The first kappa shape index (κ1) is 18.3. The van der Waals surface area contributed by atoms with E-state index in [2.05, 4.69) is 5.16 Å². The van der Waals surface area contributed by atoms with Crippen LogP contribution < -0.4 is 9.47 Å². The number of ether oxygens (including phenoxy) is 3. The molecule has 1 fully saturated rings. The lowest BCUT2D eigenvalue weighted by Crippen LogP contribution is -2.41. The van der Waals surface area contributed by atoms with Gasteiger partial charge in [-0.05, 0) is 38.0 Å². The highest BCUT2D eigenvalue weighted by atomic mass is 16.7. The van der Waals surface area contributed by atoms with E-state index in [1.165, 1.54) is 0 Å². The van der Waals surface area contributed by atoms with E-state index in [9.17, 15) is 9.59 Å². The summed E-state index contributed by atoms with van der Waals surface area (Å²) in [6.45, 7) is 3.49. The molecule has 2 aromatic rings. The van der Waals surface area contributed by atoms with Gasteiger partial charge in [0, 0.05) is 24.7 Å². The maximum atomic E-state index is 12.6. The van der Waals surface area contributed by atoms with Gasteiger partial charge in [0.2, 0.25) is 12.7 Å². The highest BCUT2D eigenvalue weighted by Gasteiger charge is 2.28. The Hall–Kier alpha value is -3.03. The van der Waals surface area contributed by atoms with Crippen LogP contribution in [-0.2, 0) is 20.7 Å². The number of fused-ring (bicyclic) bond motifs is 1. The summed E-state index contributed by atoms with van der Waals surface area (Å²) in [4.78, 5) is 26.1. The van der Waals surface area contributed by atoms with Gasteiger partial charge in [-0.3, -0.25) is 9.59 Å². The summed E-state index contributed by atoms with van der Waals surface area (Å²) in [5.74, 6) is 1.63. The first-order valence-electron chi connectivity index (χ1n) is 9.44. The van der Waals surface area contributed by atoms with Gasteiger partial charge in [-0.25, -0.2) is 0 Å². The van der Waals surface area contributed by atoms with Crippen LogP contribution in [0.15, 0.2) is 28.8 Å². The van der Waals surface area contributed by atoms with Crippen molar-refractivity contribution in [1.82, 2.24) is 10.1 Å². The summed E-state index contributed by atoms with van der Waals surface area (Å²) in [5, 5.41) is 4.02. The van der Waals surface area contributed by atoms with Crippen LogP contribution in [0.4, 0.5) is 0 Å². The van der Waals surface area contributed by atoms with Crippen molar-refractivity contribution in [2.75, 3.05) is 26.5 Å². The molecule has 28 heavy (non-hydrogen) atoms. The lowest BCUT2D eigenvalue weighted by Gasteiger charge is -2.30. The molecular weight excluding hydrogens is 364 g/mol. The Morgan fingerprint density at radius 1 is 1.18 bits per heavy atom. The Bertz CT molecular complexity index is 869. The fourth-order valence-electron chi connectivity index (χ4n) is 3.47. The van der Waals surface area contributed by atoms with Crippen LogP contribution in [0.25, 0.3) is 11.3 Å². The van der Waals surface area contributed by atoms with Gasteiger partial charge in [0.05, 0.1) is 24.6 Å². The Morgan fingerprint density at radius 2 is 1.96 bits per heavy atom. The molecular formula is C20H22N2O6. The van der Waals surface area contributed by atoms with E-state index in [1.54, 1.807) is 17.9 Å². The van der Waals surface area contributed by atoms with Crippen LogP contribution in [0.1, 0.15) is 25.5 Å². The molecule has 0 aliphatic carbocycles. The monoisotopic (exact) mass is 386 g/mol. The molecule has 0 bridgehead atoms. The van der Waals surface area contributed by atoms with Crippen LogP contribution in [0.2, 0.25) is 0 Å². The van der Waals surface area contributed by atoms with Crippen molar-refractivity contribution in [3.05, 3.63) is 30.0 Å². The van der Waals surface area contributed by atoms with Crippen molar-refractivity contribution in [3.63, 3.8) is 0 Å². The average molecular weight is 386 g/mol. The summed E-state index contributed by atoms with van der Waals surface area (Å²) in [6.07, 6.45) is 1.43. The zero-order valence-electron chi connectivity index (χ0n) is 15.7. The van der Waals surface area contributed by atoms with Gasteiger partial charge in [-0.2, -0.15) is 0 Å². The first-order chi connectivity index (χ1) is 13.6. The van der Waals surface area contributed by atoms with E-state index >= 15 is 0 Å². The summed E-state index contributed by atoms with van der Waals surface area (Å²) >= 11 is 0. The fourth-order valence-corrected chi connectivity index (χ4v) is 3.47. The van der Waals surface area contributed by atoms with Crippen LogP contribution in [-0.4, -0.2) is 48.4 Å². The average Bonchev–Trinajstić information content (AvgIpc) is 3.37. The van der Waals surface area contributed by atoms with Gasteiger partial charge < -0.3 is 23.6 Å². The molecule has 2 aliphatic heterocycles. The molecule has 1 amide bonds. The van der Waals surface area contributed by atoms with E-state index in [0.717, 1.165) is 5.56 Å². The van der Waals surface area contributed by atoms with E-state index in [-0.39, 0.29) is 31.0 Å². The number of esters is 1. The number of amides is 1. The molecule has 0 saturated carbocycles. The molecule has 0 spiro atoms. The number of likely N-dealkylation sites (tertiary alicyclic amines) is 1. The van der Waals surface area contributed by atoms with E-state index in [1.807, 2.05) is 18.2 Å². The number of hydrogen-bond donors (Lipinski definition) is 0. The lowest BCUT2D eigenvalue weighted by atomic mass is 9.96. The molecule has 0 N–H and O–H groups in total. The van der Waals surface area contributed by atoms with Gasteiger partial charge in [-0.1, -0.05) is 5.16 Å². The van der Waals surface area contributed by atoms with Gasteiger partial charge >= 0.3 is 5.97 Å². The maximum Gasteiger partial charge on any atom is 0.309 e. The Morgan fingerprint density at radius 3 is 2.75 bits per heavy atom. The normalized spacial score (nSPS) is 16.2. The number of aromatic nitrogens is 1. The topological polar surface area (TPSA) is 91.1 Å². The zero-order chi connectivity index (χ0) is 19.5. The molecule has 3 heterocycles. The number of hydrogen-bond acceptors (Lipinski definition) is 7. The SMILES string of the molecule is CCOC(=O)C1CCN(C(=O)Cc2cc(-c3ccc4c(c3)OCO4)on2)CC1. The van der Waals surface area contributed by atoms with E-state index in [0.29, 0.717) is 55.5 Å². The Balaban J connectivity index is 1.34. The molecule has 4 rings (SSSR count). The van der Waals surface area contributed by atoms with Crippen molar-refractivity contribution in [1.29, 1.82) is 0 Å². The lowest BCUT2D eigenvalue weighted by molar-refractivity contribution is -0.151. The predicted molar refractivity (Wildman–Crippen MR) is 97.7 cm³/mol. The van der Waals surface area contributed by atoms with Crippen LogP contribution in [0.5, 0.6) is 11.5 Å².